The molecule has 3 rings (SSSR count). The van der Waals surface area contributed by atoms with E-state index in [1.54, 1.807) is 4.88 Å². The Hall–Kier alpha value is -0.780. The molecule has 20 heavy (non-hydrogen) atoms. The molecule has 0 saturated carbocycles. The SMILES string of the molecule is CCCn1ccnc1C(NC)c1cc2c(s1)CCSC2. The lowest BCUT2D eigenvalue weighted by atomic mass is 10.1. The molecule has 1 aliphatic rings. The maximum atomic E-state index is 4.59. The molecule has 0 saturated heterocycles. The minimum absolute atomic E-state index is 0.220. The van der Waals surface area contributed by atoms with E-state index in [1.165, 1.54) is 28.4 Å². The quantitative estimate of drug-likeness (QED) is 0.917. The molecule has 0 spiro atoms. The van der Waals surface area contributed by atoms with Crippen LogP contribution >= 0.6 is 23.1 Å². The van der Waals surface area contributed by atoms with Gasteiger partial charge in [0.25, 0.3) is 0 Å². The first-order valence-corrected chi connectivity index (χ1v) is 9.18. The zero-order valence-corrected chi connectivity index (χ0v) is 13.7. The van der Waals surface area contributed by atoms with Crippen molar-refractivity contribution in [2.75, 3.05) is 12.8 Å². The van der Waals surface area contributed by atoms with Gasteiger partial charge in [-0.2, -0.15) is 11.8 Å². The number of nitrogens with one attached hydrogen (secondary N) is 1. The average molecular weight is 307 g/mol. The standard InChI is InChI=1S/C15H21N3S2/c1-3-6-18-7-5-17-15(18)14(16-2)13-9-11-10-19-8-4-12(11)20-13/h5,7,9,14,16H,3-4,6,8,10H2,1-2H3. The number of aromatic nitrogens is 2. The number of thiophene rings is 1. The van der Waals surface area contributed by atoms with Crippen molar-refractivity contribution < 1.29 is 0 Å². The van der Waals surface area contributed by atoms with Crippen LogP contribution in [0.5, 0.6) is 0 Å². The van der Waals surface area contributed by atoms with E-state index >= 15 is 0 Å². The molecular weight excluding hydrogens is 286 g/mol. The smallest absolute Gasteiger partial charge is 0.131 e. The van der Waals surface area contributed by atoms with Gasteiger partial charge in [0.15, 0.2) is 0 Å². The highest BCUT2D eigenvalue weighted by molar-refractivity contribution is 7.98. The average Bonchev–Trinajstić information content (AvgIpc) is 3.07. The second kappa shape index (κ2) is 6.33. The van der Waals surface area contributed by atoms with Crippen LogP contribution in [-0.4, -0.2) is 22.4 Å². The van der Waals surface area contributed by atoms with Gasteiger partial charge in [-0.25, -0.2) is 4.98 Å². The summed E-state index contributed by atoms with van der Waals surface area (Å²) in [6.45, 7) is 3.24. The van der Waals surface area contributed by atoms with Crippen molar-refractivity contribution in [3.63, 3.8) is 0 Å². The predicted molar refractivity (Wildman–Crippen MR) is 87.6 cm³/mol. The predicted octanol–water partition coefficient (Wildman–Crippen LogP) is 3.45. The van der Waals surface area contributed by atoms with Crippen LogP contribution in [-0.2, 0) is 18.7 Å². The summed E-state index contributed by atoms with van der Waals surface area (Å²) in [7, 11) is 2.03. The van der Waals surface area contributed by atoms with Crippen LogP contribution < -0.4 is 5.32 Å². The molecular formula is C15H21N3S2. The van der Waals surface area contributed by atoms with Crippen molar-refractivity contribution in [2.24, 2.45) is 0 Å². The lowest BCUT2D eigenvalue weighted by Crippen LogP contribution is -2.21. The molecule has 0 fully saturated rings. The molecule has 3 nitrogen and oxygen atoms in total. The third kappa shape index (κ3) is 2.67. The van der Waals surface area contributed by atoms with Gasteiger partial charge in [-0.1, -0.05) is 6.92 Å². The maximum absolute atomic E-state index is 4.59. The first kappa shape index (κ1) is 14.2. The molecule has 2 aromatic rings. The first-order valence-electron chi connectivity index (χ1n) is 7.21. The van der Waals surface area contributed by atoms with E-state index in [0.29, 0.717) is 0 Å². The van der Waals surface area contributed by atoms with Gasteiger partial charge >= 0.3 is 0 Å². The minimum atomic E-state index is 0.220. The number of thioether (sulfide) groups is 1. The molecule has 0 amide bonds. The zero-order chi connectivity index (χ0) is 13.9. The lowest BCUT2D eigenvalue weighted by Gasteiger charge is -2.16. The van der Waals surface area contributed by atoms with E-state index < -0.39 is 0 Å². The Kier molecular flexibility index (Phi) is 4.48. The van der Waals surface area contributed by atoms with E-state index in [0.717, 1.165) is 18.8 Å². The van der Waals surface area contributed by atoms with Crippen LogP contribution in [0.2, 0.25) is 0 Å². The first-order chi connectivity index (χ1) is 9.83. The summed E-state index contributed by atoms with van der Waals surface area (Å²) in [5.41, 5.74) is 1.54. The summed E-state index contributed by atoms with van der Waals surface area (Å²) in [4.78, 5) is 7.57. The largest absolute Gasteiger partial charge is 0.333 e. The second-order valence-electron chi connectivity index (χ2n) is 5.10. The number of hydrogen-bond acceptors (Lipinski definition) is 4. The Balaban J connectivity index is 1.92. The molecule has 3 heterocycles. The zero-order valence-electron chi connectivity index (χ0n) is 12.1. The van der Waals surface area contributed by atoms with Crippen molar-refractivity contribution in [1.82, 2.24) is 14.9 Å². The van der Waals surface area contributed by atoms with Crippen molar-refractivity contribution in [2.45, 2.75) is 38.1 Å². The minimum Gasteiger partial charge on any atom is -0.333 e. The molecule has 2 aromatic heterocycles. The monoisotopic (exact) mass is 307 g/mol. The Morgan fingerprint density at radius 2 is 2.40 bits per heavy atom. The third-order valence-electron chi connectivity index (χ3n) is 3.69. The molecule has 1 atom stereocenters. The highest BCUT2D eigenvalue weighted by Gasteiger charge is 2.22. The van der Waals surface area contributed by atoms with E-state index in [1.807, 2.05) is 36.3 Å². The molecule has 0 aromatic carbocycles. The summed E-state index contributed by atoms with van der Waals surface area (Å²) < 4.78 is 2.27. The van der Waals surface area contributed by atoms with Gasteiger partial charge in [-0.15, -0.1) is 11.3 Å². The summed E-state index contributed by atoms with van der Waals surface area (Å²) in [5, 5.41) is 3.45. The van der Waals surface area contributed by atoms with Crippen LogP contribution in [0.1, 0.15) is 40.5 Å². The third-order valence-corrected chi connectivity index (χ3v) is 6.00. The molecule has 0 radical (unpaired) electrons. The molecule has 1 aliphatic heterocycles. The van der Waals surface area contributed by atoms with Crippen molar-refractivity contribution in [1.29, 1.82) is 0 Å². The highest BCUT2D eigenvalue weighted by atomic mass is 32.2. The van der Waals surface area contributed by atoms with Crippen molar-refractivity contribution >= 4 is 23.1 Å². The van der Waals surface area contributed by atoms with E-state index in [-0.39, 0.29) is 6.04 Å². The van der Waals surface area contributed by atoms with Gasteiger partial charge in [0, 0.05) is 34.4 Å². The summed E-state index contributed by atoms with van der Waals surface area (Å²) in [6.07, 6.45) is 6.37. The van der Waals surface area contributed by atoms with E-state index in [9.17, 15) is 0 Å². The fraction of sp³-hybridized carbons (Fsp3) is 0.533. The van der Waals surface area contributed by atoms with Crippen molar-refractivity contribution in [3.8, 4) is 0 Å². The Morgan fingerprint density at radius 3 is 3.15 bits per heavy atom. The molecule has 5 heteroatoms. The van der Waals surface area contributed by atoms with E-state index in [2.05, 4.69) is 34.1 Å². The molecule has 1 N–H and O–H groups in total. The molecule has 0 aliphatic carbocycles. The van der Waals surface area contributed by atoms with Gasteiger partial charge in [-0.05, 0) is 37.3 Å². The summed E-state index contributed by atoms with van der Waals surface area (Å²) >= 11 is 4.01. The topological polar surface area (TPSA) is 29.9 Å². The molecule has 0 bridgehead atoms. The fourth-order valence-electron chi connectivity index (χ4n) is 2.72. The van der Waals surface area contributed by atoms with Crippen LogP contribution in [0.25, 0.3) is 0 Å². The number of rotatable bonds is 5. The number of hydrogen-bond donors (Lipinski definition) is 1. The lowest BCUT2D eigenvalue weighted by molar-refractivity contribution is 0.573. The maximum Gasteiger partial charge on any atom is 0.131 e. The number of fused-ring (bicyclic) bond motifs is 1. The Morgan fingerprint density at radius 1 is 1.50 bits per heavy atom. The fourth-order valence-corrected chi connectivity index (χ4v) is 5.21. The number of imidazole rings is 1. The molecule has 1 unspecified atom stereocenters. The van der Waals surface area contributed by atoms with Gasteiger partial charge in [0.2, 0.25) is 0 Å². The second-order valence-corrected chi connectivity index (χ2v) is 7.37. The Bertz CT molecular complexity index is 550. The van der Waals surface area contributed by atoms with Crippen LogP contribution in [0.15, 0.2) is 18.5 Å². The number of nitrogens with zero attached hydrogens (tertiary/aromatic N) is 2. The van der Waals surface area contributed by atoms with Gasteiger partial charge < -0.3 is 9.88 Å². The van der Waals surface area contributed by atoms with Crippen LogP contribution in [0.4, 0.5) is 0 Å². The normalized spacial score (nSPS) is 16.1. The summed E-state index contributed by atoms with van der Waals surface area (Å²) in [6, 6.07) is 2.61. The van der Waals surface area contributed by atoms with Gasteiger partial charge in [0.05, 0.1) is 0 Å². The summed E-state index contributed by atoms with van der Waals surface area (Å²) in [5.74, 6) is 3.58. The Labute approximate surface area is 128 Å². The van der Waals surface area contributed by atoms with E-state index in [4.69, 9.17) is 0 Å². The number of aryl methyl sites for hydroxylation is 2. The highest BCUT2D eigenvalue weighted by Crippen LogP contribution is 2.36. The molecule has 108 valence electrons. The van der Waals surface area contributed by atoms with Crippen LogP contribution in [0.3, 0.4) is 0 Å². The van der Waals surface area contributed by atoms with Gasteiger partial charge in [0.1, 0.15) is 11.9 Å². The van der Waals surface area contributed by atoms with Crippen LogP contribution in [0, 0.1) is 0 Å². The van der Waals surface area contributed by atoms with Gasteiger partial charge in [-0.3, -0.25) is 0 Å². The van der Waals surface area contributed by atoms with Crippen molar-refractivity contribution in [3.05, 3.63) is 39.6 Å².